The Hall–Kier alpha value is -1.63. The first-order valence-corrected chi connectivity index (χ1v) is 9.20. The highest BCUT2D eigenvalue weighted by molar-refractivity contribution is 9.10. The van der Waals surface area contributed by atoms with Crippen LogP contribution >= 0.6 is 15.9 Å². The molecular formula is C17H22BrN3O3. The number of ether oxygens (including phenoxy) is 1. The van der Waals surface area contributed by atoms with E-state index in [9.17, 15) is 9.59 Å². The standard InChI is InChI=1S/C17H22BrN3O3/c1-2-15-11-21(17(23)24-15)14-3-5-20(6-4-14)16(22)8-12-7-13(18)10-19-9-12/h7,9-10,14-15H,2-6,8,11H2,1H3. The number of halogens is 1. The van der Waals surface area contributed by atoms with Gasteiger partial charge in [0.15, 0.2) is 0 Å². The second-order valence-electron chi connectivity index (χ2n) is 6.37. The molecule has 0 aliphatic carbocycles. The Bertz CT molecular complexity index is 617. The molecule has 3 heterocycles. The van der Waals surface area contributed by atoms with E-state index in [-0.39, 0.29) is 24.1 Å². The van der Waals surface area contributed by atoms with Gasteiger partial charge in [-0.3, -0.25) is 9.78 Å². The van der Waals surface area contributed by atoms with Crippen molar-refractivity contribution in [1.82, 2.24) is 14.8 Å². The molecule has 24 heavy (non-hydrogen) atoms. The van der Waals surface area contributed by atoms with E-state index in [0.29, 0.717) is 26.1 Å². The van der Waals surface area contributed by atoms with Gasteiger partial charge in [0.1, 0.15) is 6.10 Å². The Morgan fingerprint density at radius 2 is 2.12 bits per heavy atom. The lowest BCUT2D eigenvalue weighted by molar-refractivity contribution is -0.131. The van der Waals surface area contributed by atoms with Crippen LogP contribution in [0.4, 0.5) is 4.79 Å². The van der Waals surface area contributed by atoms with Gasteiger partial charge in [-0.1, -0.05) is 6.92 Å². The molecule has 2 aliphatic rings. The van der Waals surface area contributed by atoms with Crippen molar-refractivity contribution in [1.29, 1.82) is 0 Å². The molecule has 2 amide bonds. The monoisotopic (exact) mass is 395 g/mol. The third-order valence-corrected chi connectivity index (χ3v) is 5.17. The Labute approximate surface area is 150 Å². The first kappa shape index (κ1) is 17.2. The maximum atomic E-state index is 12.4. The smallest absolute Gasteiger partial charge is 0.410 e. The topological polar surface area (TPSA) is 62.7 Å². The minimum absolute atomic E-state index is 0.0150. The van der Waals surface area contributed by atoms with Crippen LogP contribution in [-0.2, 0) is 16.0 Å². The minimum atomic E-state index is -0.202. The van der Waals surface area contributed by atoms with E-state index in [1.54, 1.807) is 12.4 Å². The molecule has 0 bridgehead atoms. The number of carbonyl (C=O) groups is 2. The van der Waals surface area contributed by atoms with Gasteiger partial charge in [0.2, 0.25) is 5.91 Å². The third kappa shape index (κ3) is 3.88. The number of piperidine rings is 1. The number of hydrogen-bond acceptors (Lipinski definition) is 4. The van der Waals surface area contributed by atoms with Crippen molar-refractivity contribution < 1.29 is 14.3 Å². The van der Waals surface area contributed by atoms with Crippen LogP contribution in [0.15, 0.2) is 22.9 Å². The van der Waals surface area contributed by atoms with Gasteiger partial charge in [-0.25, -0.2) is 4.79 Å². The Morgan fingerprint density at radius 1 is 1.38 bits per heavy atom. The molecule has 130 valence electrons. The lowest BCUT2D eigenvalue weighted by Gasteiger charge is -2.35. The van der Waals surface area contributed by atoms with Crippen molar-refractivity contribution in [2.24, 2.45) is 0 Å². The van der Waals surface area contributed by atoms with E-state index in [4.69, 9.17) is 4.74 Å². The largest absolute Gasteiger partial charge is 0.444 e. The predicted octanol–water partition coefficient (Wildman–Crippen LogP) is 2.61. The first-order valence-electron chi connectivity index (χ1n) is 8.41. The molecule has 0 aromatic carbocycles. The second kappa shape index (κ2) is 7.51. The van der Waals surface area contributed by atoms with Crippen molar-refractivity contribution >= 4 is 27.9 Å². The summed E-state index contributed by atoms with van der Waals surface area (Å²) in [5.74, 6) is 0.115. The Balaban J connectivity index is 1.51. The van der Waals surface area contributed by atoms with Crippen LogP contribution in [0.1, 0.15) is 31.7 Å². The lowest BCUT2D eigenvalue weighted by Crippen LogP contribution is -2.47. The molecule has 0 N–H and O–H groups in total. The van der Waals surface area contributed by atoms with Gasteiger partial charge in [-0.15, -0.1) is 0 Å². The fourth-order valence-corrected chi connectivity index (χ4v) is 3.73. The highest BCUT2D eigenvalue weighted by Gasteiger charge is 2.37. The van der Waals surface area contributed by atoms with Gasteiger partial charge < -0.3 is 14.5 Å². The summed E-state index contributed by atoms with van der Waals surface area (Å²) in [6, 6.07) is 2.11. The third-order valence-electron chi connectivity index (χ3n) is 4.73. The summed E-state index contributed by atoms with van der Waals surface area (Å²) in [5, 5.41) is 0. The zero-order valence-corrected chi connectivity index (χ0v) is 15.4. The van der Waals surface area contributed by atoms with Crippen molar-refractivity contribution in [2.45, 2.75) is 44.8 Å². The number of likely N-dealkylation sites (tertiary alicyclic amines) is 1. The van der Waals surface area contributed by atoms with Crippen molar-refractivity contribution in [3.63, 3.8) is 0 Å². The maximum absolute atomic E-state index is 12.4. The van der Waals surface area contributed by atoms with Gasteiger partial charge in [0, 0.05) is 36.0 Å². The second-order valence-corrected chi connectivity index (χ2v) is 7.28. The van der Waals surface area contributed by atoms with Gasteiger partial charge in [0.25, 0.3) is 0 Å². The highest BCUT2D eigenvalue weighted by atomic mass is 79.9. The number of aromatic nitrogens is 1. The predicted molar refractivity (Wildman–Crippen MR) is 92.5 cm³/mol. The number of amides is 2. The lowest BCUT2D eigenvalue weighted by atomic mass is 10.0. The molecule has 7 heteroatoms. The van der Waals surface area contributed by atoms with E-state index in [0.717, 1.165) is 29.3 Å². The van der Waals surface area contributed by atoms with Gasteiger partial charge in [-0.05, 0) is 46.8 Å². The summed E-state index contributed by atoms with van der Waals surface area (Å²) in [7, 11) is 0. The number of carbonyl (C=O) groups excluding carboxylic acids is 2. The van der Waals surface area contributed by atoms with Crippen LogP contribution in [0, 0.1) is 0 Å². The van der Waals surface area contributed by atoms with Crippen LogP contribution in [-0.4, -0.2) is 58.6 Å². The van der Waals surface area contributed by atoms with Gasteiger partial charge in [-0.2, -0.15) is 0 Å². The van der Waals surface area contributed by atoms with Crippen LogP contribution in [0.5, 0.6) is 0 Å². The van der Waals surface area contributed by atoms with Gasteiger partial charge in [0.05, 0.1) is 13.0 Å². The van der Waals surface area contributed by atoms with E-state index >= 15 is 0 Å². The average molecular weight is 396 g/mol. The molecule has 0 saturated carbocycles. The van der Waals surface area contributed by atoms with Crippen molar-refractivity contribution in [3.8, 4) is 0 Å². The molecule has 1 atom stereocenters. The minimum Gasteiger partial charge on any atom is -0.444 e. The fraction of sp³-hybridized carbons (Fsp3) is 0.588. The summed E-state index contributed by atoms with van der Waals surface area (Å²) in [6.45, 7) is 4.08. The van der Waals surface area contributed by atoms with Crippen LogP contribution < -0.4 is 0 Å². The quantitative estimate of drug-likeness (QED) is 0.785. The van der Waals surface area contributed by atoms with E-state index < -0.39 is 0 Å². The molecule has 1 aromatic rings. The number of pyridine rings is 1. The zero-order valence-electron chi connectivity index (χ0n) is 13.8. The summed E-state index contributed by atoms with van der Waals surface area (Å²) in [5.41, 5.74) is 0.908. The van der Waals surface area contributed by atoms with Gasteiger partial charge >= 0.3 is 6.09 Å². The summed E-state index contributed by atoms with van der Waals surface area (Å²) in [4.78, 5) is 32.2. The van der Waals surface area contributed by atoms with E-state index in [1.807, 2.05) is 22.8 Å². The average Bonchev–Trinajstić information content (AvgIpc) is 2.96. The molecule has 1 unspecified atom stereocenters. The summed E-state index contributed by atoms with van der Waals surface area (Å²) >= 11 is 3.37. The SMILES string of the molecule is CCC1CN(C2CCN(C(=O)Cc3cncc(Br)c3)CC2)C(=O)O1. The summed E-state index contributed by atoms with van der Waals surface area (Å²) < 4.78 is 6.22. The van der Waals surface area contributed by atoms with E-state index in [1.165, 1.54) is 0 Å². The number of nitrogens with zero attached hydrogens (tertiary/aromatic N) is 3. The first-order chi connectivity index (χ1) is 11.6. The fourth-order valence-electron chi connectivity index (χ4n) is 3.32. The normalized spacial score (nSPS) is 21.9. The molecule has 1 aromatic heterocycles. The highest BCUT2D eigenvalue weighted by Crippen LogP contribution is 2.24. The Kier molecular flexibility index (Phi) is 5.38. The number of rotatable bonds is 4. The molecule has 2 fully saturated rings. The molecule has 2 aliphatic heterocycles. The molecule has 0 spiro atoms. The van der Waals surface area contributed by atoms with Crippen LogP contribution in [0.3, 0.4) is 0 Å². The number of hydrogen-bond donors (Lipinski definition) is 0. The van der Waals surface area contributed by atoms with E-state index in [2.05, 4.69) is 20.9 Å². The Morgan fingerprint density at radius 3 is 2.75 bits per heavy atom. The van der Waals surface area contributed by atoms with Crippen molar-refractivity contribution in [3.05, 3.63) is 28.5 Å². The zero-order chi connectivity index (χ0) is 17.1. The molecule has 0 radical (unpaired) electrons. The number of cyclic esters (lactones) is 1. The molecule has 3 rings (SSSR count). The molecular weight excluding hydrogens is 374 g/mol. The molecule has 6 nitrogen and oxygen atoms in total. The summed E-state index contributed by atoms with van der Waals surface area (Å²) in [6.07, 6.45) is 6.08. The van der Waals surface area contributed by atoms with Crippen LogP contribution in [0.2, 0.25) is 0 Å². The molecule has 2 saturated heterocycles. The van der Waals surface area contributed by atoms with Crippen LogP contribution in [0.25, 0.3) is 0 Å². The van der Waals surface area contributed by atoms with Crippen molar-refractivity contribution in [2.75, 3.05) is 19.6 Å². The maximum Gasteiger partial charge on any atom is 0.410 e.